The van der Waals surface area contributed by atoms with Crippen LogP contribution in [0.25, 0.3) is 0 Å². The third-order valence-corrected chi connectivity index (χ3v) is 3.32. The number of phenols is 1. The Labute approximate surface area is 122 Å². The second kappa shape index (κ2) is 5.43. The molecule has 5 heteroatoms. The number of nitrogens with two attached hydrogens (primary N) is 1. The molecule has 0 aromatic heterocycles. The number of aromatic hydroxyl groups is 1. The summed E-state index contributed by atoms with van der Waals surface area (Å²) in [4.78, 5) is 12.1. The number of rotatable bonds is 2. The molecule has 0 aliphatic carbocycles. The first-order chi connectivity index (χ1) is 9.38. The van der Waals surface area contributed by atoms with Crippen molar-refractivity contribution in [1.82, 2.24) is 0 Å². The molecule has 2 aromatic carbocycles. The number of hydrogen-bond donors (Lipinski definition) is 3. The lowest BCUT2D eigenvalue weighted by atomic mass is 10.1. The van der Waals surface area contributed by atoms with E-state index in [1.54, 1.807) is 24.3 Å². The average molecular weight is 291 g/mol. The fourth-order valence-corrected chi connectivity index (χ4v) is 2.03. The topological polar surface area (TPSA) is 75.4 Å². The molecule has 0 aliphatic rings. The van der Waals surface area contributed by atoms with E-state index in [9.17, 15) is 9.90 Å². The second-order valence-electron chi connectivity index (χ2n) is 4.66. The van der Waals surface area contributed by atoms with Crippen LogP contribution in [0, 0.1) is 13.8 Å². The Morgan fingerprint density at radius 2 is 1.95 bits per heavy atom. The number of benzene rings is 2. The van der Waals surface area contributed by atoms with E-state index in [0.717, 1.165) is 11.1 Å². The Balaban J connectivity index is 2.30. The van der Waals surface area contributed by atoms with Gasteiger partial charge in [0.15, 0.2) is 0 Å². The molecule has 0 saturated heterocycles. The van der Waals surface area contributed by atoms with Crippen LogP contribution in [0.4, 0.5) is 11.4 Å². The van der Waals surface area contributed by atoms with Gasteiger partial charge in [-0.25, -0.2) is 0 Å². The summed E-state index contributed by atoms with van der Waals surface area (Å²) < 4.78 is 0. The minimum absolute atomic E-state index is 0.0540. The Morgan fingerprint density at radius 3 is 2.60 bits per heavy atom. The Hall–Kier alpha value is -2.20. The summed E-state index contributed by atoms with van der Waals surface area (Å²) >= 11 is 5.94. The van der Waals surface area contributed by atoms with Gasteiger partial charge >= 0.3 is 0 Å². The molecule has 2 rings (SSSR count). The van der Waals surface area contributed by atoms with Gasteiger partial charge in [0, 0.05) is 5.69 Å². The predicted octanol–water partition coefficient (Wildman–Crippen LogP) is 3.50. The highest BCUT2D eigenvalue weighted by Crippen LogP contribution is 2.28. The Bertz CT molecular complexity index is 684. The SMILES string of the molecule is Cc1ccc(C(=O)Nc2cc(Cl)c(N)cc2C)c(O)c1. The summed E-state index contributed by atoms with van der Waals surface area (Å²) in [6.07, 6.45) is 0. The molecule has 0 spiro atoms. The van der Waals surface area contributed by atoms with Crippen molar-refractivity contribution in [2.45, 2.75) is 13.8 Å². The minimum atomic E-state index is -0.397. The molecule has 0 aliphatic heterocycles. The van der Waals surface area contributed by atoms with Gasteiger partial charge in [-0.15, -0.1) is 0 Å². The molecule has 0 unspecified atom stereocenters. The van der Waals surface area contributed by atoms with E-state index < -0.39 is 5.91 Å². The minimum Gasteiger partial charge on any atom is -0.507 e. The number of nitrogen functional groups attached to an aromatic ring is 1. The van der Waals surface area contributed by atoms with Gasteiger partial charge < -0.3 is 16.2 Å². The van der Waals surface area contributed by atoms with Gasteiger partial charge in [0.25, 0.3) is 5.91 Å². The van der Waals surface area contributed by atoms with E-state index in [4.69, 9.17) is 17.3 Å². The predicted molar refractivity (Wildman–Crippen MR) is 81.4 cm³/mol. The monoisotopic (exact) mass is 290 g/mol. The van der Waals surface area contributed by atoms with E-state index in [1.165, 1.54) is 6.07 Å². The fourth-order valence-electron chi connectivity index (χ4n) is 1.86. The third kappa shape index (κ3) is 2.86. The summed E-state index contributed by atoms with van der Waals surface area (Å²) in [6.45, 7) is 3.66. The molecular weight excluding hydrogens is 276 g/mol. The van der Waals surface area contributed by atoms with Gasteiger partial charge in [0.2, 0.25) is 0 Å². The lowest BCUT2D eigenvalue weighted by Crippen LogP contribution is -2.13. The number of amides is 1. The molecule has 0 bridgehead atoms. The maximum atomic E-state index is 12.1. The molecule has 4 N–H and O–H groups in total. The van der Waals surface area contributed by atoms with Crippen molar-refractivity contribution in [2.24, 2.45) is 0 Å². The van der Waals surface area contributed by atoms with E-state index in [2.05, 4.69) is 5.32 Å². The van der Waals surface area contributed by atoms with Crippen molar-refractivity contribution < 1.29 is 9.90 Å². The fraction of sp³-hybridized carbons (Fsp3) is 0.133. The summed E-state index contributed by atoms with van der Waals surface area (Å²) in [5, 5.41) is 12.9. The third-order valence-electron chi connectivity index (χ3n) is 2.99. The van der Waals surface area contributed by atoms with Crippen LogP contribution < -0.4 is 11.1 Å². The molecule has 4 nitrogen and oxygen atoms in total. The van der Waals surface area contributed by atoms with Crippen molar-refractivity contribution in [3.63, 3.8) is 0 Å². The first kappa shape index (κ1) is 14.2. The molecule has 0 fully saturated rings. The zero-order valence-corrected chi connectivity index (χ0v) is 12.0. The smallest absolute Gasteiger partial charge is 0.259 e. The highest BCUT2D eigenvalue weighted by atomic mass is 35.5. The molecule has 0 heterocycles. The van der Waals surface area contributed by atoms with Crippen LogP contribution in [0.1, 0.15) is 21.5 Å². The van der Waals surface area contributed by atoms with Gasteiger partial charge in [-0.1, -0.05) is 17.7 Å². The normalized spacial score (nSPS) is 10.3. The molecule has 0 atom stereocenters. The van der Waals surface area contributed by atoms with Gasteiger partial charge in [-0.2, -0.15) is 0 Å². The Morgan fingerprint density at radius 1 is 1.25 bits per heavy atom. The number of aryl methyl sites for hydroxylation is 2. The van der Waals surface area contributed by atoms with Crippen molar-refractivity contribution in [2.75, 3.05) is 11.1 Å². The molecular formula is C15H15ClN2O2. The number of carbonyl (C=O) groups excluding carboxylic acids is 1. The molecule has 104 valence electrons. The largest absolute Gasteiger partial charge is 0.507 e. The van der Waals surface area contributed by atoms with Crippen molar-refractivity contribution in [3.8, 4) is 5.75 Å². The van der Waals surface area contributed by atoms with Crippen LogP contribution in [0.2, 0.25) is 5.02 Å². The van der Waals surface area contributed by atoms with Crippen LogP contribution in [0.15, 0.2) is 30.3 Å². The average Bonchev–Trinajstić information content (AvgIpc) is 2.35. The van der Waals surface area contributed by atoms with E-state index in [0.29, 0.717) is 16.4 Å². The van der Waals surface area contributed by atoms with Crippen LogP contribution in [-0.4, -0.2) is 11.0 Å². The van der Waals surface area contributed by atoms with Crippen LogP contribution in [-0.2, 0) is 0 Å². The summed E-state index contributed by atoms with van der Waals surface area (Å²) in [5.41, 5.74) is 8.60. The first-order valence-corrected chi connectivity index (χ1v) is 6.43. The number of carbonyl (C=O) groups is 1. The van der Waals surface area contributed by atoms with Crippen molar-refractivity contribution in [3.05, 3.63) is 52.0 Å². The summed E-state index contributed by atoms with van der Waals surface area (Å²) in [5.74, 6) is -0.451. The Kier molecular flexibility index (Phi) is 3.86. The molecule has 0 saturated carbocycles. The summed E-state index contributed by atoms with van der Waals surface area (Å²) in [6, 6.07) is 8.16. The van der Waals surface area contributed by atoms with Crippen molar-refractivity contribution in [1.29, 1.82) is 0 Å². The van der Waals surface area contributed by atoms with Crippen LogP contribution in [0.5, 0.6) is 5.75 Å². The number of phenolic OH excluding ortho intramolecular Hbond substituents is 1. The van der Waals surface area contributed by atoms with Gasteiger partial charge in [0.1, 0.15) is 5.75 Å². The standard InChI is InChI=1S/C15H15ClN2O2/c1-8-3-4-10(14(19)5-8)15(20)18-13-7-11(16)12(17)6-9(13)2/h3-7,19H,17H2,1-2H3,(H,18,20). The zero-order valence-electron chi connectivity index (χ0n) is 11.2. The number of anilines is 2. The molecule has 0 radical (unpaired) electrons. The number of nitrogens with one attached hydrogen (secondary N) is 1. The number of hydrogen-bond acceptors (Lipinski definition) is 3. The first-order valence-electron chi connectivity index (χ1n) is 6.05. The lowest BCUT2D eigenvalue weighted by Gasteiger charge is -2.11. The van der Waals surface area contributed by atoms with E-state index >= 15 is 0 Å². The highest BCUT2D eigenvalue weighted by Gasteiger charge is 2.13. The maximum Gasteiger partial charge on any atom is 0.259 e. The second-order valence-corrected chi connectivity index (χ2v) is 5.07. The number of halogens is 1. The van der Waals surface area contributed by atoms with Crippen LogP contribution >= 0.6 is 11.6 Å². The zero-order chi connectivity index (χ0) is 14.9. The summed E-state index contributed by atoms with van der Waals surface area (Å²) in [7, 11) is 0. The van der Waals surface area contributed by atoms with E-state index in [1.807, 2.05) is 13.8 Å². The van der Waals surface area contributed by atoms with Crippen LogP contribution in [0.3, 0.4) is 0 Å². The quantitative estimate of drug-likeness (QED) is 0.741. The lowest BCUT2D eigenvalue weighted by molar-refractivity contribution is 0.102. The molecule has 1 amide bonds. The van der Waals surface area contributed by atoms with E-state index in [-0.39, 0.29) is 11.3 Å². The van der Waals surface area contributed by atoms with Crippen molar-refractivity contribution >= 4 is 28.9 Å². The maximum absolute atomic E-state index is 12.1. The molecule has 20 heavy (non-hydrogen) atoms. The highest BCUT2D eigenvalue weighted by molar-refractivity contribution is 6.33. The van der Waals surface area contributed by atoms with Gasteiger partial charge in [0.05, 0.1) is 16.3 Å². The molecule has 2 aromatic rings. The van der Waals surface area contributed by atoms with Gasteiger partial charge in [-0.05, 0) is 49.2 Å². The van der Waals surface area contributed by atoms with Gasteiger partial charge in [-0.3, -0.25) is 4.79 Å².